The molecular weight excluding hydrogens is 540 g/mol. The number of benzene rings is 2. The van der Waals surface area contributed by atoms with Gasteiger partial charge in [-0.25, -0.2) is 9.80 Å². The third kappa shape index (κ3) is 7.08. The first-order valence-corrected chi connectivity index (χ1v) is 11.2. The Morgan fingerprint density at radius 2 is 2.03 bits per heavy atom. The van der Waals surface area contributed by atoms with Crippen molar-refractivity contribution in [3.63, 3.8) is 0 Å². The molecule has 2 aromatic carbocycles. The van der Waals surface area contributed by atoms with Gasteiger partial charge in [-0.1, -0.05) is 29.3 Å². The highest BCUT2D eigenvalue weighted by molar-refractivity contribution is 6.42. The zero-order valence-corrected chi connectivity index (χ0v) is 20.7. The van der Waals surface area contributed by atoms with E-state index in [1.807, 2.05) is 0 Å². The lowest BCUT2D eigenvalue weighted by Gasteiger charge is -2.23. The maximum Gasteiger partial charge on any atom is 0.573 e. The summed E-state index contributed by atoms with van der Waals surface area (Å²) in [5.74, 6) is -1.11. The van der Waals surface area contributed by atoms with Crippen LogP contribution in [-0.4, -0.2) is 53.9 Å². The van der Waals surface area contributed by atoms with Crippen molar-refractivity contribution in [3.8, 4) is 17.7 Å². The van der Waals surface area contributed by atoms with E-state index in [4.69, 9.17) is 27.9 Å². The summed E-state index contributed by atoms with van der Waals surface area (Å²) in [7, 11) is 1.30. The molecule has 0 spiro atoms. The van der Waals surface area contributed by atoms with Crippen molar-refractivity contribution in [2.24, 2.45) is 16.0 Å². The van der Waals surface area contributed by atoms with E-state index in [2.05, 4.69) is 25.5 Å². The maximum atomic E-state index is 12.7. The normalized spacial score (nSPS) is 16.5. The molecule has 37 heavy (non-hydrogen) atoms. The van der Waals surface area contributed by atoms with E-state index in [1.54, 1.807) is 31.3 Å². The van der Waals surface area contributed by atoms with E-state index in [1.165, 1.54) is 18.2 Å². The second kappa shape index (κ2) is 11.4. The second-order valence-electron chi connectivity index (χ2n) is 7.61. The van der Waals surface area contributed by atoms with Crippen LogP contribution in [0.1, 0.15) is 12.5 Å². The fourth-order valence-electron chi connectivity index (χ4n) is 3.57. The Morgan fingerprint density at radius 1 is 1.30 bits per heavy atom. The summed E-state index contributed by atoms with van der Waals surface area (Å²) in [4.78, 5) is 15.0. The number of nitrogens with zero attached hydrogens (tertiary/aromatic N) is 4. The van der Waals surface area contributed by atoms with Crippen LogP contribution in [0.25, 0.3) is 0 Å². The predicted octanol–water partition coefficient (Wildman–Crippen LogP) is 5.14. The van der Waals surface area contributed by atoms with Crippen molar-refractivity contribution in [1.82, 2.24) is 10.3 Å². The first-order valence-electron chi connectivity index (χ1n) is 10.4. The quantitative estimate of drug-likeness (QED) is 0.254. The van der Waals surface area contributed by atoms with Gasteiger partial charge in [-0.2, -0.15) is 10.4 Å². The van der Waals surface area contributed by atoms with Crippen LogP contribution in [-0.2, 0) is 0 Å². The maximum absolute atomic E-state index is 12.7. The number of rotatable bonds is 6. The fourth-order valence-corrected chi connectivity index (χ4v) is 3.87. The van der Waals surface area contributed by atoms with Gasteiger partial charge in [0.25, 0.3) is 0 Å². The van der Waals surface area contributed by atoms with E-state index in [-0.39, 0.29) is 29.0 Å². The molecule has 0 saturated carbocycles. The first-order chi connectivity index (χ1) is 17.4. The van der Waals surface area contributed by atoms with Crippen molar-refractivity contribution in [1.29, 1.82) is 5.26 Å². The topological polar surface area (TPSA) is 132 Å². The SMILES string of the molecule is COc1ccc(OC(F)(F)F)cc1NC(=NC#N)N1CC(C(C)NC(=O)O)C(c2ccc(Cl)c(Cl)c2)=N1. The molecule has 1 aliphatic heterocycles. The summed E-state index contributed by atoms with van der Waals surface area (Å²) < 4.78 is 47.3. The number of ether oxygens (including phenoxy) is 2. The highest BCUT2D eigenvalue weighted by atomic mass is 35.5. The molecule has 3 N–H and O–H groups in total. The summed E-state index contributed by atoms with van der Waals surface area (Å²) in [6.45, 7) is 1.68. The highest BCUT2D eigenvalue weighted by Crippen LogP contribution is 2.33. The van der Waals surface area contributed by atoms with Gasteiger partial charge in [-0.15, -0.1) is 18.2 Å². The molecule has 2 atom stereocenters. The van der Waals surface area contributed by atoms with Crippen LogP contribution in [0.2, 0.25) is 10.0 Å². The van der Waals surface area contributed by atoms with Crippen molar-refractivity contribution >= 4 is 46.7 Å². The van der Waals surface area contributed by atoms with Crippen LogP contribution in [0, 0.1) is 17.4 Å². The Bertz CT molecular complexity index is 1280. The van der Waals surface area contributed by atoms with Crippen molar-refractivity contribution < 1.29 is 32.5 Å². The molecule has 15 heteroatoms. The van der Waals surface area contributed by atoms with Crippen molar-refractivity contribution in [2.75, 3.05) is 19.0 Å². The molecule has 1 amide bonds. The van der Waals surface area contributed by atoms with Gasteiger partial charge in [0.2, 0.25) is 12.2 Å². The molecule has 0 aliphatic carbocycles. The van der Waals surface area contributed by atoms with Crippen LogP contribution in [0.4, 0.5) is 23.7 Å². The Hall–Kier alpha value is -3.89. The minimum absolute atomic E-state index is 0.00435. The zero-order valence-electron chi connectivity index (χ0n) is 19.2. The van der Waals surface area contributed by atoms with Gasteiger partial charge in [0.15, 0.2) is 0 Å². The average Bonchev–Trinajstić information content (AvgIpc) is 3.25. The minimum Gasteiger partial charge on any atom is -0.495 e. The summed E-state index contributed by atoms with van der Waals surface area (Å²) in [6.07, 6.45) is -4.56. The number of carbonyl (C=O) groups is 1. The van der Waals surface area contributed by atoms with Crippen LogP contribution in [0.5, 0.6) is 11.5 Å². The van der Waals surface area contributed by atoms with Crippen molar-refractivity contribution in [2.45, 2.75) is 19.3 Å². The lowest BCUT2D eigenvalue weighted by atomic mass is 9.91. The van der Waals surface area contributed by atoms with E-state index in [0.717, 1.165) is 12.1 Å². The highest BCUT2D eigenvalue weighted by Gasteiger charge is 2.36. The Morgan fingerprint density at radius 3 is 2.62 bits per heavy atom. The number of guanidine groups is 1. The Kier molecular flexibility index (Phi) is 8.57. The molecule has 196 valence electrons. The molecule has 2 aromatic rings. The number of nitrogens with one attached hydrogen (secondary N) is 2. The number of methoxy groups -OCH3 is 1. The van der Waals surface area contributed by atoms with Crippen LogP contribution in [0.15, 0.2) is 46.5 Å². The third-order valence-corrected chi connectivity index (χ3v) is 5.91. The van der Waals surface area contributed by atoms with E-state index in [0.29, 0.717) is 16.3 Å². The fraction of sp³-hybridized carbons (Fsp3) is 0.273. The second-order valence-corrected chi connectivity index (χ2v) is 8.43. The number of hydrazone groups is 1. The van der Waals surface area contributed by atoms with Gasteiger partial charge in [-0.3, -0.25) is 0 Å². The largest absolute Gasteiger partial charge is 0.573 e. The summed E-state index contributed by atoms with van der Waals surface area (Å²) in [5, 5.41) is 30.0. The molecule has 1 heterocycles. The van der Waals surface area contributed by atoms with Gasteiger partial charge in [0.05, 0.1) is 35.1 Å². The molecule has 0 saturated heterocycles. The van der Waals surface area contributed by atoms with E-state index in [9.17, 15) is 28.3 Å². The molecular formula is C22H19Cl2F3N6O4. The van der Waals surface area contributed by atoms with Gasteiger partial charge < -0.3 is 25.2 Å². The van der Waals surface area contributed by atoms with Crippen LogP contribution < -0.4 is 20.1 Å². The lowest BCUT2D eigenvalue weighted by molar-refractivity contribution is -0.274. The van der Waals surface area contributed by atoms with Gasteiger partial charge >= 0.3 is 12.5 Å². The minimum atomic E-state index is -4.93. The number of halogens is 5. The van der Waals surface area contributed by atoms with Crippen LogP contribution >= 0.6 is 23.2 Å². The predicted molar refractivity (Wildman–Crippen MR) is 130 cm³/mol. The summed E-state index contributed by atoms with van der Waals surface area (Å²) in [5.41, 5.74) is 0.952. The van der Waals surface area contributed by atoms with Crippen molar-refractivity contribution in [3.05, 3.63) is 52.0 Å². The first kappa shape index (κ1) is 27.7. The smallest absolute Gasteiger partial charge is 0.495 e. The van der Waals surface area contributed by atoms with Gasteiger partial charge in [0, 0.05) is 18.0 Å². The molecule has 0 radical (unpaired) electrons. The van der Waals surface area contributed by atoms with E-state index < -0.39 is 30.2 Å². The molecule has 3 rings (SSSR count). The summed E-state index contributed by atoms with van der Waals surface area (Å²) in [6, 6.07) is 7.43. The number of alkyl halides is 3. The number of hydrogen-bond acceptors (Lipinski definition) is 6. The third-order valence-electron chi connectivity index (χ3n) is 5.17. The number of hydrogen-bond donors (Lipinski definition) is 3. The number of anilines is 1. The summed E-state index contributed by atoms with van der Waals surface area (Å²) >= 11 is 12.2. The number of amides is 1. The number of carboxylic acid groups (broad SMARTS) is 1. The van der Waals surface area contributed by atoms with Gasteiger partial charge in [-0.05, 0) is 36.8 Å². The van der Waals surface area contributed by atoms with E-state index >= 15 is 0 Å². The molecule has 2 unspecified atom stereocenters. The molecule has 10 nitrogen and oxygen atoms in total. The number of aliphatic imine (C=N–C) groups is 1. The monoisotopic (exact) mass is 558 g/mol. The Labute approximate surface area is 218 Å². The van der Waals surface area contributed by atoms with Gasteiger partial charge in [0.1, 0.15) is 11.5 Å². The molecule has 0 bridgehead atoms. The lowest BCUT2D eigenvalue weighted by Crippen LogP contribution is -2.43. The molecule has 1 aliphatic rings. The van der Waals surface area contributed by atoms with Crippen LogP contribution in [0.3, 0.4) is 0 Å². The Balaban J connectivity index is 2.00. The number of nitriles is 1. The standard InChI is InChI=1S/C22H19Cl2F3N6O4/c1-11(30-21(34)35)14-9-33(32-19(14)12-3-5-15(23)16(24)7-12)20(29-10-28)31-17-8-13(37-22(25,26)27)4-6-18(17)36-2/h3-8,11,14,30H,9H2,1-2H3,(H,29,31)(H,34,35). The average molecular weight is 559 g/mol. The zero-order chi connectivity index (χ0) is 27.3. The molecule has 0 aromatic heterocycles. The molecule has 0 fully saturated rings.